The lowest BCUT2D eigenvalue weighted by atomic mass is 10.0. The molecule has 0 amide bonds. The minimum atomic E-state index is 0.475. The van der Waals surface area contributed by atoms with Crippen molar-refractivity contribution in [3.8, 4) is 6.07 Å². The summed E-state index contributed by atoms with van der Waals surface area (Å²) in [5.41, 5.74) is 2.42. The maximum atomic E-state index is 8.98. The van der Waals surface area contributed by atoms with E-state index in [1.165, 1.54) is 16.3 Å². The van der Waals surface area contributed by atoms with Gasteiger partial charge in [-0.2, -0.15) is 5.26 Å². The van der Waals surface area contributed by atoms with Crippen LogP contribution in [-0.4, -0.2) is 4.98 Å². The first-order valence-corrected chi connectivity index (χ1v) is 8.44. The molecule has 22 heavy (non-hydrogen) atoms. The van der Waals surface area contributed by atoms with Crippen molar-refractivity contribution in [2.45, 2.75) is 32.6 Å². The van der Waals surface area contributed by atoms with Gasteiger partial charge in [-0.25, -0.2) is 4.98 Å². The van der Waals surface area contributed by atoms with Crippen LogP contribution < -0.4 is 0 Å². The number of aryl methyl sites for hydroxylation is 1. The molecule has 2 aromatic carbocycles. The highest BCUT2D eigenvalue weighted by Gasteiger charge is 2.11. The Morgan fingerprint density at radius 2 is 1.95 bits per heavy atom. The van der Waals surface area contributed by atoms with Crippen LogP contribution in [0, 0.1) is 11.3 Å². The van der Waals surface area contributed by atoms with Crippen molar-refractivity contribution in [2.75, 3.05) is 0 Å². The highest BCUT2D eigenvalue weighted by atomic mass is 32.1. The summed E-state index contributed by atoms with van der Waals surface area (Å²) < 4.78 is 0. The smallest absolute Gasteiger partial charge is 0.0975 e. The van der Waals surface area contributed by atoms with Crippen LogP contribution in [0.5, 0.6) is 0 Å². The maximum Gasteiger partial charge on any atom is 0.0975 e. The molecule has 0 spiro atoms. The van der Waals surface area contributed by atoms with Gasteiger partial charge in [0.05, 0.1) is 23.2 Å². The minimum Gasteiger partial charge on any atom is -0.246 e. The predicted molar refractivity (Wildman–Crippen MR) is 92.2 cm³/mol. The summed E-state index contributed by atoms with van der Waals surface area (Å²) in [6.07, 6.45) is 3.34. The molecule has 3 heteroatoms. The lowest BCUT2D eigenvalue weighted by Crippen LogP contribution is -1.92. The molecule has 110 valence electrons. The highest BCUT2D eigenvalue weighted by Crippen LogP contribution is 2.26. The number of thiazole rings is 1. The van der Waals surface area contributed by atoms with Crippen LogP contribution in [0.4, 0.5) is 0 Å². The fraction of sp³-hybridized carbons (Fsp3) is 0.263. The fourth-order valence-electron chi connectivity index (χ4n) is 2.76. The van der Waals surface area contributed by atoms with Crippen molar-refractivity contribution in [1.82, 2.24) is 4.98 Å². The van der Waals surface area contributed by atoms with Gasteiger partial charge < -0.3 is 0 Å². The van der Waals surface area contributed by atoms with Gasteiger partial charge in [-0.15, -0.1) is 11.3 Å². The Hall–Kier alpha value is -2.18. The zero-order chi connectivity index (χ0) is 15.4. The summed E-state index contributed by atoms with van der Waals surface area (Å²) >= 11 is 1.69. The quantitative estimate of drug-likeness (QED) is 0.672. The molecule has 0 saturated heterocycles. The topological polar surface area (TPSA) is 36.7 Å². The summed E-state index contributed by atoms with van der Waals surface area (Å²) in [6, 6.07) is 17.1. The van der Waals surface area contributed by atoms with E-state index in [0.29, 0.717) is 6.42 Å². The summed E-state index contributed by atoms with van der Waals surface area (Å²) in [5, 5.41) is 12.7. The molecular formula is C19H18N2S. The average molecular weight is 306 g/mol. The predicted octanol–water partition coefficient (Wildman–Crippen LogP) is 4.91. The van der Waals surface area contributed by atoms with Gasteiger partial charge in [0.25, 0.3) is 0 Å². The van der Waals surface area contributed by atoms with E-state index >= 15 is 0 Å². The molecule has 0 unspecified atom stereocenters. The van der Waals surface area contributed by atoms with E-state index in [1.54, 1.807) is 11.3 Å². The van der Waals surface area contributed by atoms with Crippen LogP contribution in [0.25, 0.3) is 10.8 Å². The molecule has 3 rings (SSSR count). The number of nitriles is 1. The van der Waals surface area contributed by atoms with Gasteiger partial charge in [0.15, 0.2) is 0 Å². The maximum absolute atomic E-state index is 8.98. The van der Waals surface area contributed by atoms with E-state index in [9.17, 15) is 0 Å². The highest BCUT2D eigenvalue weighted by molar-refractivity contribution is 7.11. The first kappa shape index (κ1) is 14.7. The van der Waals surface area contributed by atoms with Crippen molar-refractivity contribution < 1.29 is 0 Å². The Bertz CT molecular complexity index is 822. The lowest BCUT2D eigenvalue weighted by molar-refractivity contribution is 0.872. The zero-order valence-corrected chi connectivity index (χ0v) is 13.5. The van der Waals surface area contributed by atoms with Gasteiger partial charge in [0.2, 0.25) is 0 Å². The van der Waals surface area contributed by atoms with Gasteiger partial charge in [-0.05, 0) is 22.8 Å². The molecule has 0 radical (unpaired) electrons. The van der Waals surface area contributed by atoms with E-state index in [1.807, 2.05) is 0 Å². The van der Waals surface area contributed by atoms with Crippen LogP contribution in [0.15, 0.2) is 42.5 Å². The third-order valence-corrected chi connectivity index (χ3v) is 4.87. The van der Waals surface area contributed by atoms with Crippen molar-refractivity contribution >= 4 is 22.1 Å². The zero-order valence-electron chi connectivity index (χ0n) is 12.7. The van der Waals surface area contributed by atoms with Crippen LogP contribution in [0.2, 0.25) is 0 Å². The third-order valence-electron chi connectivity index (χ3n) is 3.77. The van der Waals surface area contributed by atoms with E-state index in [2.05, 4.69) is 55.5 Å². The normalized spacial score (nSPS) is 10.7. The number of benzene rings is 2. The van der Waals surface area contributed by atoms with Crippen molar-refractivity contribution in [1.29, 1.82) is 5.26 Å². The molecule has 0 fully saturated rings. The molecule has 0 atom stereocenters. The number of nitrogens with zero attached hydrogens (tertiary/aromatic N) is 2. The van der Waals surface area contributed by atoms with Crippen molar-refractivity contribution in [3.05, 3.63) is 63.6 Å². The molecule has 3 aromatic rings. The fourth-order valence-corrected chi connectivity index (χ4v) is 3.83. The van der Waals surface area contributed by atoms with E-state index in [4.69, 9.17) is 10.2 Å². The molecule has 0 saturated carbocycles. The Morgan fingerprint density at radius 1 is 1.14 bits per heavy atom. The molecule has 1 heterocycles. The molecule has 2 nitrogen and oxygen atoms in total. The van der Waals surface area contributed by atoms with Gasteiger partial charge in [-0.1, -0.05) is 55.8 Å². The summed E-state index contributed by atoms with van der Waals surface area (Å²) in [5.74, 6) is 0. The van der Waals surface area contributed by atoms with E-state index in [-0.39, 0.29) is 0 Å². The number of hydrogen-bond donors (Lipinski definition) is 0. The molecule has 0 N–H and O–H groups in total. The Labute approximate surface area is 135 Å². The van der Waals surface area contributed by atoms with Crippen LogP contribution >= 0.6 is 11.3 Å². The molecule has 0 aliphatic rings. The van der Waals surface area contributed by atoms with Crippen LogP contribution in [-0.2, 0) is 19.3 Å². The summed E-state index contributed by atoms with van der Waals surface area (Å²) in [7, 11) is 0. The van der Waals surface area contributed by atoms with Crippen LogP contribution in [0.1, 0.15) is 34.5 Å². The molecule has 0 aliphatic carbocycles. The van der Waals surface area contributed by atoms with Gasteiger partial charge in [-0.3, -0.25) is 0 Å². The molecular weight excluding hydrogens is 288 g/mol. The minimum absolute atomic E-state index is 0.475. The van der Waals surface area contributed by atoms with Crippen molar-refractivity contribution in [2.24, 2.45) is 0 Å². The van der Waals surface area contributed by atoms with E-state index < -0.39 is 0 Å². The van der Waals surface area contributed by atoms with E-state index in [0.717, 1.165) is 34.8 Å². The summed E-state index contributed by atoms with van der Waals surface area (Å²) in [4.78, 5) is 5.93. The molecule has 1 aromatic heterocycles. The standard InChI is InChI=1S/C19H18N2S/c1-2-6-17-18(11-12-20)22-19(21-17)13-15-9-5-8-14-7-3-4-10-16(14)15/h3-5,7-10H,2,6,11,13H2,1H3. The Kier molecular flexibility index (Phi) is 4.50. The Balaban J connectivity index is 1.95. The van der Waals surface area contributed by atoms with Gasteiger partial charge in [0, 0.05) is 11.3 Å². The second kappa shape index (κ2) is 6.72. The second-order valence-corrected chi connectivity index (χ2v) is 6.55. The number of hydrogen-bond acceptors (Lipinski definition) is 3. The van der Waals surface area contributed by atoms with Crippen molar-refractivity contribution in [3.63, 3.8) is 0 Å². The first-order chi connectivity index (χ1) is 10.8. The van der Waals surface area contributed by atoms with Gasteiger partial charge in [0.1, 0.15) is 0 Å². The third kappa shape index (κ3) is 3.03. The Morgan fingerprint density at radius 3 is 2.77 bits per heavy atom. The number of fused-ring (bicyclic) bond motifs is 1. The largest absolute Gasteiger partial charge is 0.246 e. The molecule has 0 bridgehead atoms. The number of rotatable bonds is 5. The molecule has 0 aliphatic heterocycles. The van der Waals surface area contributed by atoms with Crippen LogP contribution in [0.3, 0.4) is 0 Å². The second-order valence-electron chi connectivity index (χ2n) is 5.38. The SMILES string of the molecule is CCCc1nc(Cc2cccc3ccccc23)sc1CC#N. The monoisotopic (exact) mass is 306 g/mol. The first-order valence-electron chi connectivity index (χ1n) is 7.63. The van der Waals surface area contributed by atoms with Gasteiger partial charge >= 0.3 is 0 Å². The number of aromatic nitrogens is 1. The lowest BCUT2D eigenvalue weighted by Gasteiger charge is -2.04. The summed E-state index contributed by atoms with van der Waals surface area (Å²) in [6.45, 7) is 2.15. The average Bonchev–Trinajstić information content (AvgIpc) is 2.90.